The van der Waals surface area contributed by atoms with Gasteiger partial charge in [-0.1, -0.05) is 18.2 Å². The number of benzene rings is 2. The Morgan fingerprint density at radius 2 is 1.85 bits per heavy atom. The molecule has 0 amide bonds. The minimum Gasteiger partial charge on any atom is -1.00 e. The van der Waals surface area contributed by atoms with E-state index in [9.17, 15) is 0 Å². The minimum absolute atomic E-state index is 0. The molecule has 26 heavy (non-hydrogen) atoms. The summed E-state index contributed by atoms with van der Waals surface area (Å²) in [5.74, 6) is 2.49. The maximum absolute atomic E-state index is 6.19. The van der Waals surface area contributed by atoms with Crippen molar-refractivity contribution in [3.63, 3.8) is 0 Å². The number of nitrogens with zero attached hydrogens (tertiary/aromatic N) is 1. The Labute approximate surface area is 157 Å². The van der Waals surface area contributed by atoms with E-state index in [1.54, 1.807) is 14.2 Å². The van der Waals surface area contributed by atoms with Gasteiger partial charge in [-0.3, -0.25) is 0 Å². The Hall–Kier alpha value is -2.72. The number of hydrogen-bond donors (Lipinski definition) is 0. The molecule has 0 saturated heterocycles. The van der Waals surface area contributed by atoms with Crippen molar-refractivity contribution in [2.45, 2.75) is 13.0 Å². The topological polar surface area (TPSA) is 35.5 Å². The lowest BCUT2D eigenvalue weighted by molar-refractivity contribution is -0.686. The molecule has 3 heterocycles. The molecule has 0 spiro atoms. The van der Waals surface area contributed by atoms with Gasteiger partial charge in [-0.2, -0.15) is 4.57 Å². The Morgan fingerprint density at radius 1 is 1.00 bits per heavy atom. The van der Waals surface area contributed by atoms with Gasteiger partial charge in [-0.15, -0.1) is 0 Å². The molecule has 2 aromatic heterocycles. The quantitative estimate of drug-likeness (QED) is 0.498. The summed E-state index contributed by atoms with van der Waals surface area (Å²) in [7, 11) is 3.34. The molecule has 0 unspecified atom stereocenters. The molecular formula is C21H18ClNO3. The van der Waals surface area contributed by atoms with Gasteiger partial charge in [0.15, 0.2) is 24.2 Å². The van der Waals surface area contributed by atoms with Crippen LogP contribution in [0.5, 0.6) is 11.5 Å². The van der Waals surface area contributed by atoms with Crippen molar-refractivity contribution in [2.75, 3.05) is 14.2 Å². The molecule has 0 saturated carbocycles. The first-order chi connectivity index (χ1) is 12.3. The van der Waals surface area contributed by atoms with E-state index in [4.69, 9.17) is 13.9 Å². The molecule has 2 aromatic carbocycles. The first-order valence-electron chi connectivity index (χ1n) is 8.39. The number of hydrogen-bond acceptors (Lipinski definition) is 3. The zero-order valence-electron chi connectivity index (χ0n) is 14.6. The van der Waals surface area contributed by atoms with Crippen molar-refractivity contribution >= 4 is 21.7 Å². The van der Waals surface area contributed by atoms with Crippen LogP contribution in [0.3, 0.4) is 0 Å². The number of aromatic nitrogens is 1. The van der Waals surface area contributed by atoms with Gasteiger partial charge in [0.25, 0.3) is 0 Å². The van der Waals surface area contributed by atoms with Crippen LogP contribution < -0.4 is 26.4 Å². The zero-order valence-corrected chi connectivity index (χ0v) is 15.3. The molecule has 5 heteroatoms. The predicted molar refractivity (Wildman–Crippen MR) is 96.2 cm³/mol. The summed E-state index contributed by atoms with van der Waals surface area (Å²) >= 11 is 0. The van der Waals surface area contributed by atoms with Crippen LogP contribution in [0, 0.1) is 0 Å². The van der Waals surface area contributed by atoms with Gasteiger partial charge < -0.3 is 26.3 Å². The van der Waals surface area contributed by atoms with Crippen LogP contribution in [0.1, 0.15) is 5.56 Å². The van der Waals surface area contributed by atoms with E-state index in [0.717, 1.165) is 52.3 Å². The van der Waals surface area contributed by atoms with Crippen molar-refractivity contribution in [1.29, 1.82) is 0 Å². The lowest BCUT2D eigenvalue weighted by atomic mass is 10.00. The fraction of sp³-hybridized carbons (Fsp3) is 0.190. The number of ether oxygens (including phenoxy) is 2. The van der Waals surface area contributed by atoms with Gasteiger partial charge in [-0.05, 0) is 23.6 Å². The van der Waals surface area contributed by atoms with Gasteiger partial charge in [0.05, 0.1) is 19.6 Å². The fourth-order valence-electron chi connectivity index (χ4n) is 3.85. The molecule has 1 aliphatic heterocycles. The smallest absolute Gasteiger partial charge is 0.249 e. The number of para-hydroxylation sites is 1. The molecule has 4 aromatic rings. The van der Waals surface area contributed by atoms with Gasteiger partial charge in [-0.25, -0.2) is 0 Å². The van der Waals surface area contributed by atoms with Crippen molar-refractivity contribution in [1.82, 2.24) is 0 Å². The first kappa shape index (κ1) is 16.7. The number of furan rings is 1. The Kier molecular flexibility index (Phi) is 4.00. The predicted octanol–water partition coefficient (Wildman–Crippen LogP) is 1.12. The molecule has 132 valence electrons. The average Bonchev–Trinajstić information content (AvgIpc) is 3.04. The summed E-state index contributed by atoms with van der Waals surface area (Å²) in [4.78, 5) is 0. The standard InChI is InChI=1S/C21H18NO3.ClH/c1-23-19-8-7-13-11-17-20-15(14-5-3-4-6-18(14)25-20)9-10-22(17)12-16(13)21(19)24-2;/h3-8,11-12H,9-10H2,1-2H3;1H/q+1;/p-1. The van der Waals surface area contributed by atoms with E-state index < -0.39 is 0 Å². The van der Waals surface area contributed by atoms with Crippen LogP contribution in [0.2, 0.25) is 0 Å². The molecule has 0 N–H and O–H groups in total. The van der Waals surface area contributed by atoms with Crippen LogP contribution >= 0.6 is 0 Å². The maximum Gasteiger partial charge on any atom is 0.249 e. The molecule has 0 radical (unpaired) electrons. The number of fused-ring (bicyclic) bond motifs is 6. The van der Waals surface area contributed by atoms with Gasteiger partial charge in [0, 0.05) is 23.4 Å². The highest BCUT2D eigenvalue weighted by Crippen LogP contribution is 2.39. The van der Waals surface area contributed by atoms with Crippen molar-refractivity contribution < 1.29 is 30.9 Å². The Morgan fingerprint density at radius 3 is 2.65 bits per heavy atom. The van der Waals surface area contributed by atoms with Crippen LogP contribution in [-0.2, 0) is 13.0 Å². The summed E-state index contributed by atoms with van der Waals surface area (Å²) in [6.45, 7) is 0.919. The molecule has 5 rings (SSSR count). The molecule has 0 aliphatic carbocycles. The third kappa shape index (κ3) is 2.26. The summed E-state index contributed by atoms with van der Waals surface area (Å²) in [5.41, 5.74) is 3.36. The largest absolute Gasteiger partial charge is 1.00 e. The molecule has 0 atom stereocenters. The van der Waals surface area contributed by atoms with E-state index in [0.29, 0.717) is 0 Å². The van der Waals surface area contributed by atoms with Crippen molar-refractivity contribution in [3.05, 3.63) is 54.2 Å². The molecule has 1 aliphatic rings. The number of halogens is 1. The van der Waals surface area contributed by atoms with Crippen LogP contribution in [-0.4, -0.2) is 14.2 Å². The lowest BCUT2D eigenvalue weighted by Crippen LogP contribution is -3.00. The minimum atomic E-state index is 0. The average molecular weight is 368 g/mol. The summed E-state index contributed by atoms with van der Waals surface area (Å²) in [6.07, 6.45) is 3.10. The number of pyridine rings is 1. The van der Waals surface area contributed by atoms with Crippen LogP contribution in [0.25, 0.3) is 33.2 Å². The first-order valence-corrected chi connectivity index (χ1v) is 8.39. The van der Waals surface area contributed by atoms with Crippen molar-refractivity contribution in [3.8, 4) is 23.0 Å². The summed E-state index contributed by atoms with van der Waals surface area (Å²) < 4.78 is 19.5. The monoisotopic (exact) mass is 367 g/mol. The number of methoxy groups -OCH3 is 2. The van der Waals surface area contributed by atoms with E-state index in [1.165, 1.54) is 10.9 Å². The normalized spacial score (nSPS) is 12.4. The van der Waals surface area contributed by atoms with Crippen LogP contribution in [0.15, 0.2) is 53.1 Å². The third-order valence-corrected chi connectivity index (χ3v) is 5.04. The lowest BCUT2D eigenvalue weighted by Gasteiger charge is -2.14. The van der Waals surface area contributed by atoms with Gasteiger partial charge in [0.1, 0.15) is 5.58 Å². The second-order valence-electron chi connectivity index (χ2n) is 6.31. The second-order valence-corrected chi connectivity index (χ2v) is 6.31. The number of aryl methyl sites for hydroxylation is 2. The highest BCUT2D eigenvalue weighted by atomic mass is 35.5. The second kappa shape index (κ2) is 6.22. The Balaban J connectivity index is 0.00000168. The Bertz CT molecular complexity index is 1130. The van der Waals surface area contributed by atoms with E-state index >= 15 is 0 Å². The van der Waals surface area contributed by atoms with E-state index in [1.807, 2.05) is 18.2 Å². The molecule has 0 fully saturated rings. The highest BCUT2D eigenvalue weighted by molar-refractivity contribution is 5.93. The van der Waals surface area contributed by atoms with E-state index in [-0.39, 0.29) is 12.4 Å². The molecule has 4 nitrogen and oxygen atoms in total. The fourth-order valence-corrected chi connectivity index (χ4v) is 3.85. The number of rotatable bonds is 2. The van der Waals surface area contributed by atoms with Crippen LogP contribution in [0.4, 0.5) is 0 Å². The highest BCUT2D eigenvalue weighted by Gasteiger charge is 2.30. The van der Waals surface area contributed by atoms with Crippen molar-refractivity contribution in [2.24, 2.45) is 0 Å². The van der Waals surface area contributed by atoms with E-state index in [2.05, 4.69) is 35.0 Å². The SMILES string of the molecule is COc1ccc2cc3[n+](cc2c1OC)CCc1c-3oc2ccccc12.[Cl-]. The van der Waals surface area contributed by atoms with Gasteiger partial charge in [0.2, 0.25) is 11.5 Å². The molecular weight excluding hydrogens is 350 g/mol. The zero-order chi connectivity index (χ0) is 17.0. The maximum atomic E-state index is 6.19. The third-order valence-electron chi connectivity index (χ3n) is 5.04. The van der Waals surface area contributed by atoms with Gasteiger partial charge >= 0.3 is 0 Å². The summed E-state index contributed by atoms with van der Waals surface area (Å²) in [6, 6.07) is 14.4. The summed E-state index contributed by atoms with van der Waals surface area (Å²) in [5, 5.41) is 3.37. The molecule has 0 bridgehead atoms.